The third-order valence-electron chi connectivity index (χ3n) is 3.28. The van der Waals surface area contributed by atoms with Crippen LogP contribution in [0.25, 0.3) is 0 Å². The van der Waals surface area contributed by atoms with Crippen molar-refractivity contribution >= 4 is 17.5 Å². The molecule has 0 N–H and O–H groups in total. The van der Waals surface area contributed by atoms with Crippen molar-refractivity contribution in [1.82, 2.24) is 19.7 Å². The van der Waals surface area contributed by atoms with Gasteiger partial charge >= 0.3 is 0 Å². The molecule has 0 spiro atoms. The normalized spacial score (nSPS) is 14.3. The Morgan fingerprint density at radius 3 is 2.79 bits per heavy atom. The van der Waals surface area contributed by atoms with E-state index in [9.17, 15) is 4.79 Å². The summed E-state index contributed by atoms with van der Waals surface area (Å²) in [7, 11) is 0. The first-order chi connectivity index (χ1) is 9.28. The molecule has 0 aliphatic carbocycles. The Labute approximate surface area is 115 Å². The maximum absolute atomic E-state index is 12.4. The van der Waals surface area contributed by atoms with Gasteiger partial charge in [0.1, 0.15) is 6.33 Å². The average Bonchev–Trinajstić information content (AvgIpc) is 2.94. The van der Waals surface area contributed by atoms with Gasteiger partial charge in [0.15, 0.2) is 5.82 Å². The number of nitrogens with zero attached hydrogens (tertiary/aromatic N) is 4. The fraction of sp³-hybridized carbons (Fsp3) is 0.308. The molecule has 0 radical (unpaired) electrons. The minimum Gasteiger partial charge on any atom is -0.329 e. The van der Waals surface area contributed by atoms with Gasteiger partial charge in [-0.05, 0) is 17.7 Å². The van der Waals surface area contributed by atoms with Crippen LogP contribution in [0.5, 0.6) is 0 Å². The lowest BCUT2D eigenvalue weighted by atomic mass is 10.1. The van der Waals surface area contributed by atoms with Crippen molar-refractivity contribution in [3.05, 3.63) is 47.5 Å². The smallest absolute Gasteiger partial charge is 0.254 e. The third-order valence-corrected chi connectivity index (χ3v) is 3.59. The summed E-state index contributed by atoms with van der Waals surface area (Å²) in [5.41, 5.74) is 1.69. The largest absolute Gasteiger partial charge is 0.329 e. The Morgan fingerprint density at radius 2 is 2.05 bits per heavy atom. The maximum Gasteiger partial charge on any atom is 0.254 e. The summed E-state index contributed by atoms with van der Waals surface area (Å²) in [6.07, 6.45) is 1.70. The average molecular weight is 277 g/mol. The monoisotopic (exact) mass is 276 g/mol. The second-order valence-electron chi connectivity index (χ2n) is 4.50. The van der Waals surface area contributed by atoms with Gasteiger partial charge in [0, 0.05) is 24.5 Å². The Bertz CT molecular complexity index is 593. The second-order valence-corrected chi connectivity index (χ2v) is 4.77. The summed E-state index contributed by atoms with van der Waals surface area (Å²) in [6, 6.07) is 7.40. The standard InChI is InChI=1S/C13H13ClN4O/c14-7-10-1-3-11(4-2-10)13(19)17-5-6-18-9-15-16-12(18)8-17/h1-4,9H,5-8H2. The number of hydrogen-bond acceptors (Lipinski definition) is 3. The quantitative estimate of drug-likeness (QED) is 0.784. The molecular formula is C13H13ClN4O. The van der Waals surface area contributed by atoms with Gasteiger partial charge in [0.05, 0.1) is 6.54 Å². The number of amides is 1. The Kier molecular flexibility index (Phi) is 3.21. The van der Waals surface area contributed by atoms with Gasteiger partial charge in [-0.2, -0.15) is 0 Å². The van der Waals surface area contributed by atoms with Crippen molar-refractivity contribution in [3.63, 3.8) is 0 Å². The van der Waals surface area contributed by atoms with Crippen molar-refractivity contribution in [2.75, 3.05) is 6.54 Å². The van der Waals surface area contributed by atoms with E-state index in [1.165, 1.54) is 0 Å². The first-order valence-corrected chi connectivity index (χ1v) is 6.62. The van der Waals surface area contributed by atoms with Crippen molar-refractivity contribution < 1.29 is 4.79 Å². The molecular weight excluding hydrogens is 264 g/mol. The van der Waals surface area contributed by atoms with Crippen LogP contribution < -0.4 is 0 Å². The molecule has 98 valence electrons. The van der Waals surface area contributed by atoms with Gasteiger partial charge < -0.3 is 9.47 Å². The van der Waals surface area contributed by atoms with Crippen molar-refractivity contribution in [1.29, 1.82) is 0 Å². The van der Waals surface area contributed by atoms with E-state index in [1.54, 1.807) is 11.2 Å². The van der Waals surface area contributed by atoms with Crippen molar-refractivity contribution in [3.8, 4) is 0 Å². The summed E-state index contributed by atoms with van der Waals surface area (Å²) in [6.45, 7) is 1.94. The van der Waals surface area contributed by atoms with E-state index in [1.807, 2.05) is 28.8 Å². The zero-order chi connectivity index (χ0) is 13.2. The number of alkyl halides is 1. The Morgan fingerprint density at radius 1 is 1.26 bits per heavy atom. The third kappa shape index (κ3) is 2.33. The van der Waals surface area contributed by atoms with Gasteiger partial charge in [-0.3, -0.25) is 4.79 Å². The molecule has 0 saturated carbocycles. The van der Waals surface area contributed by atoms with Crippen LogP contribution in [0.15, 0.2) is 30.6 Å². The molecule has 1 amide bonds. The number of fused-ring (bicyclic) bond motifs is 1. The van der Waals surface area contributed by atoms with E-state index in [2.05, 4.69) is 10.2 Å². The fourth-order valence-electron chi connectivity index (χ4n) is 2.16. The van der Waals surface area contributed by atoms with Crippen molar-refractivity contribution in [2.24, 2.45) is 0 Å². The summed E-state index contributed by atoms with van der Waals surface area (Å²) in [5, 5.41) is 7.87. The predicted molar refractivity (Wildman–Crippen MR) is 70.8 cm³/mol. The highest BCUT2D eigenvalue weighted by molar-refractivity contribution is 6.17. The lowest BCUT2D eigenvalue weighted by Crippen LogP contribution is -2.38. The Balaban J connectivity index is 1.77. The minimum atomic E-state index is 0.0235. The highest BCUT2D eigenvalue weighted by Crippen LogP contribution is 2.14. The van der Waals surface area contributed by atoms with Gasteiger partial charge in [0.2, 0.25) is 0 Å². The van der Waals surface area contributed by atoms with E-state index < -0.39 is 0 Å². The summed E-state index contributed by atoms with van der Waals surface area (Å²) in [4.78, 5) is 14.2. The molecule has 0 bridgehead atoms. The van der Waals surface area contributed by atoms with Gasteiger partial charge in [0.25, 0.3) is 5.91 Å². The molecule has 1 aliphatic rings. The van der Waals surface area contributed by atoms with Crippen LogP contribution in [-0.2, 0) is 19.0 Å². The number of halogens is 1. The van der Waals surface area contributed by atoms with Gasteiger partial charge in [-0.1, -0.05) is 12.1 Å². The first kappa shape index (κ1) is 12.2. The van der Waals surface area contributed by atoms with Crippen LogP contribution in [0.3, 0.4) is 0 Å². The number of rotatable bonds is 2. The molecule has 2 heterocycles. The molecule has 19 heavy (non-hydrogen) atoms. The summed E-state index contributed by atoms with van der Waals surface area (Å²) in [5.74, 6) is 1.31. The molecule has 0 saturated heterocycles. The summed E-state index contributed by atoms with van der Waals surface area (Å²) < 4.78 is 1.97. The number of benzene rings is 1. The molecule has 1 aromatic heterocycles. The number of carbonyl (C=O) groups is 1. The lowest BCUT2D eigenvalue weighted by molar-refractivity contribution is 0.0707. The maximum atomic E-state index is 12.4. The van der Waals surface area contributed by atoms with Gasteiger partial charge in [-0.15, -0.1) is 21.8 Å². The van der Waals surface area contributed by atoms with Crippen LogP contribution in [0.2, 0.25) is 0 Å². The molecule has 1 aliphatic heterocycles. The molecule has 6 heteroatoms. The molecule has 0 fully saturated rings. The van der Waals surface area contributed by atoms with Crippen LogP contribution in [0, 0.1) is 0 Å². The fourth-order valence-corrected chi connectivity index (χ4v) is 2.34. The van der Waals surface area contributed by atoms with Crippen LogP contribution >= 0.6 is 11.6 Å². The lowest BCUT2D eigenvalue weighted by Gasteiger charge is -2.27. The van der Waals surface area contributed by atoms with Crippen molar-refractivity contribution in [2.45, 2.75) is 19.0 Å². The predicted octanol–water partition coefficient (Wildman–Crippen LogP) is 1.67. The molecule has 0 atom stereocenters. The van der Waals surface area contributed by atoms with E-state index in [-0.39, 0.29) is 5.91 Å². The van der Waals surface area contributed by atoms with Crippen LogP contribution in [0.1, 0.15) is 21.7 Å². The number of carbonyl (C=O) groups excluding carboxylic acids is 1. The van der Waals surface area contributed by atoms with E-state index in [0.717, 1.165) is 17.9 Å². The second kappa shape index (κ2) is 5.01. The summed E-state index contributed by atoms with van der Waals surface area (Å²) >= 11 is 5.74. The number of hydrogen-bond donors (Lipinski definition) is 0. The van der Waals surface area contributed by atoms with E-state index in [0.29, 0.717) is 24.5 Å². The minimum absolute atomic E-state index is 0.0235. The van der Waals surface area contributed by atoms with E-state index >= 15 is 0 Å². The van der Waals surface area contributed by atoms with E-state index in [4.69, 9.17) is 11.6 Å². The highest BCUT2D eigenvalue weighted by atomic mass is 35.5. The zero-order valence-corrected chi connectivity index (χ0v) is 11.0. The highest BCUT2D eigenvalue weighted by Gasteiger charge is 2.22. The Hall–Kier alpha value is -1.88. The zero-order valence-electron chi connectivity index (χ0n) is 10.3. The SMILES string of the molecule is O=C(c1ccc(CCl)cc1)N1CCn2cnnc2C1. The molecule has 5 nitrogen and oxygen atoms in total. The van der Waals surface area contributed by atoms with Crippen LogP contribution in [-0.4, -0.2) is 32.1 Å². The topological polar surface area (TPSA) is 51.0 Å². The first-order valence-electron chi connectivity index (χ1n) is 6.09. The van der Waals surface area contributed by atoms with Crippen LogP contribution in [0.4, 0.5) is 0 Å². The molecule has 1 aromatic carbocycles. The molecule has 3 rings (SSSR count). The molecule has 2 aromatic rings. The molecule has 0 unspecified atom stereocenters. The van der Waals surface area contributed by atoms with Gasteiger partial charge in [-0.25, -0.2) is 0 Å². The number of aromatic nitrogens is 3.